The second-order valence-corrected chi connectivity index (χ2v) is 5.89. The first-order valence-corrected chi connectivity index (χ1v) is 6.81. The zero-order valence-electron chi connectivity index (χ0n) is 10.2. The fourth-order valence-corrected chi connectivity index (χ4v) is 3.62. The molecule has 0 aromatic heterocycles. The molecule has 2 N–H and O–H groups in total. The van der Waals surface area contributed by atoms with E-state index < -0.39 is 0 Å². The van der Waals surface area contributed by atoms with Crippen molar-refractivity contribution in [2.75, 3.05) is 6.54 Å². The minimum atomic E-state index is -0.310. The number of ether oxygens (including phenoxy) is 1. The molecule has 2 bridgehead atoms. The van der Waals surface area contributed by atoms with Gasteiger partial charge in [0.1, 0.15) is 5.82 Å². The first-order chi connectivity index (χ1) is 8.64. The van der Waals surface area contributed by atoms with Gasteiger partial charge in [-0.25, -0.2) is 4.39 Å². The quantitative estimate of drug-likeness (QED) is 0.916. The summed E-state index contributed by atoms with van der Waals surface area (Å²) in [4.78, 5) is 0. The summed E-state index contributed by atoms with van der Waals surface area (Å²) in [5, 5.41) is 0.184. The molecule has 2 heterocycles. The third-order valence-electron chi connectivity index (χ3n) is 4.41. The van der Waals surface area contributed by atoms with Crippen LogP contribution in [0.3, 0.4) is 0 Å². The van der Waals surface area contributed by atoms with Gasteiger partial charge in [-0.3, -0.25) is 0 Å². The van der Waals surface area contributed by atoms with Crippen LogP contribution in [0.4, 0.5) is 4.39 Å². The summed E-state index contributed by atoms with van der Waals surface area (Å²) in [5.41, 5.74) is 6.51. The Labute approximate surface area is 111 Å². The van der Waals surface area contributed by atoms with Gasteiger partial charge in [-0.15, -0.1) is 0 Å². The van der Waals surface area contributed by atoms with Crippen molar-refractivity contribution in [1.29, 1.82) is 0 Å². The van der Waals surface area contributed by atoms with Gasteiger partial charge in [0, 0.05) is 12.0 Å². The van der Waals surface area contributed by atoms with Crippen LogP contribution < -0.4 is 5.73 Å². The van der Waals surface area contributed by atoms with Crippen molar-refractivity contribution in [1.82, 2.24) is 0 Å². The van der Waals surface area contributed by atoms with Gasteiger partial charge in [0.05, 0.1) is 17.2 Å². The maximum atomic E-state index is 14.0. The highest BCUT2D eigenvalue weighted by Crippen LogP contribution is 2.49. The topological polar surface area (TPSA) is 35.2 Å². The number of nitrogens with two attached hydrogens (primary N) is 1. The van der Waals surface area contributed by atoms with Gasteiger partial charge in [0.15, 0.2) is 0 Å². The molecule has 2 saturated heterocycles. The van der Waals surface area contributed by atoms with E-state index in [1.54, 1.807) is 18.2 Å². The van der Waals surface area contributed by atoms with Crippen LogP contribution in [-0.4, -0.2) is 18.8 Å². The van der Waals surface area contributed by atoms with Crippen LogP contribution in [0, 0.1) is 11.2 Å². The molecule has 3 unspecified atom stereocenters. The fraction of sp³-hybridized carbons (Fsp3) is 0.571. The zero-order chi connectivity index (χ0) is 12.8. The summed E-state index contributed by atoms with van der Waals surface area (Å²) in [5.74, 6) is -0.310. The smallest absolute Gasteiger partial charge is 0.144 e. The van der Waals surface area contributed by atoms with Crippen molar-refractivity contribution < 1.29 is 9.13 Å². The van der Waals surface area contributed by atoms with E-state index in [-0.39, 0.29) is 22.4 Å². The van der Waals surface area contributed by atoms with Gasteiger partial charge in [-0.1, -0.05) is 23.7 Å². The molecule has 4 heteroatoms. The van der Waals surface area contributed by atoms with E-state index in [4.69, 9.17) is 22.1 Å². The third kappa shape index (κ3) is 1.85. The zero-order valence-corrected chi connectivity index (χ0v) is 10.9. The lowest BCUT2D eigenvalue weighted by molar-refractivity contribution is 0.0633. The molecule has 0 radical (unpaired) electrons. The Kier molecular flexibility index (Phi) is 3.08. The van der Waals surface area contributed by atoms with Gasteiger partial charge in [-0.05, 0) is 37.3 Å². The molecule has 1 aromatic carbocycles. The van der Waals surface area contributed by atoms with Crippen molar-refractivity contribution in [2.24, 2.45) is 11.1 Å². The largest absolute Gasteiger partial charge is 0.374 e. The van der Waals surface area contributed by atoms with Crippen LogP contribution in [0.5, 0.6) is 0 Å². The number of fused-ring (bicyclic) bond motifs is 2. The van der Waals surface area contributed by atoms with Crippen molar-refractivity contribution in [3.8, 4) is 0 Å². The molecule has 3 atom stereocenters. The predicted molar refractivity (Wildman–Crippen MR) is 69.1 cm³/mol. The van der Waals surface area contributed by atoms with Gasteiger partial charge in [0.2, 0.25) is 0 Å². The summed E-state index contributed by atoms with van der Waals surface area (Å²) in [6, 6.07) is 5.16. The molecule has 1 aromatic rings. The standard InChI is InChI=1S/C14H17ClFNO/c15-11-3-1-2-9(13(11)16)6-14(8-17)7-10-4-5-12(14)18-10/h1-3,10,12H,4-8,17H2. The van der Waals surface area contributed by atoms with Crippen LogP contribution in [0.15, 0.2) is 18.2 Å². The van der Waals surface area contributed by atoms with E-state index in [1.807, 2.05) is 0 Å². The summed E-state index contributed by atoms with van der Waals surface area (Å²) in [7, 11) is 0. The number of hydrogen-bond acceptors (Lipinski definition) is 2. The number of hydrogen-bond donors (Lipinski definition) is 1. The maximum Gasteiger partial charge on any atom is 0.144 e. The molecule has 2 nitrogen and oxygen atoms in total. The molecule has 18 heavy (non-hydrogen) atoms. The summed E-state index contributed by atoms with van der Waals surface area (Å²) < 4.78 is 19.9. The molecular weight excluding hydrogens is 253 g/mol. The molecule has 2 aliphatic heterocycles. The highest BCUT2D eigenvalue weighted by Gasteiger charge is 2.51. The highest BCUT2D eigenvalue weighted by atomic mass is 35.5. The van der Waals surface area contributed by atoms with Crippen molar-refractivity contribution in [3.63, 3.8) is 0 Å². The van der Waals surface area contributed by atoms with Gasteiger partial charge >= 0.3 is 0 Å². The Morgan fingerprint density at radius 1 is 1.44 bits per heavy atom. The number of benzene rings is 1. The lowest BCUT2D eigenvalue weighted by Crippen LogP contribution is -2.41. The summed E-state index contributed by atoms with van der Waals surface area (Å²) in [6.07, 6.45) is 4.23. The molecular formula is C14H17ClFNO. The molecule has 0 aliphatic carbocycles. The van der Waals surface area contributed by atoms with Gasteiger partial charge < -0.3 is 10.5 Å². The molecule has 0 saturated carbocycles. The fourth-order valence-electron chi connectivity index (χ4n) is 3.43. The number of halogens is 2. The lowest BCUT2D eigenvalue weighted by Gasteiger charge is -2.34. The summed E-state index contributed by atoms with van der Waals surface area (Å²) in [6.45, 7) is 0.542. The molecule has 98 valence electrons. The van der Waals surface area contributed by atoms with Crippen LogP contribution in [0.2, 0.25) is 5.02 Å². The Bertz CT molecular complexity index is 467. The van der Waals surface area contributed by atoms with E-state index in [0.29, 0.717) is 24.6 Å². The SMILES string of the molecule is NCC1(Cc2cccc(Cl)c2F)CC2CCC1O2. The van der Waals surface area contributed by atoms with Gasteiger partial charge in [-0.2, -0.15) is 0 Å². The van der Waals surface area contributed by atoms with E-state index in [2.05, 4.69) is 0 Å². The normalized spacial score (nSPS) is 34.2. The molecule has 0 amide bonds. The number of rotatable bonds is 3. The monoisotopic (exact) mass is 269 g/mol. The highest BCUT2D eigenvalue weighted by molar-refractivity contribution is 6.30. The van der Waals surface area contributed by atoms with Crippen LogP contribution in [-0.2, 0) is 11.2 Å². The predicted octanol–water partition coefficient (Wildman–Crippen LogP) is 2.92. The van der Waals surface area contributed by atoms with Crippen molar-refractivity contribution in [2.45, 2.75) is 37.9 Å². The van der Waals surface area contributed by atoms with Crippen molar-refractivity contribution in [3.05, 3.63) is 34.6 Å². The molecule has 3 rings (SSSR count). The van der Waals surface area contributed by atoms with E-state index in [9.17, 15) is 4.39 Å². The lowest BCUT2D eigenvalue weighted by atomic mass is 9.70. The van der Waals surface area contributed by atoms with E-state index in [1.165, 1.54) is 0 Å². The third-order valence-corrected chi connectivity index (χ3v) is 4.70. The summed E-state index contributed by atoms with van der Waals surface area (Å²) >= 11 is 5.83. The van der Waals surface area contributed by atoms with Crippen molar-refractivity contribution >= 4 is 11.6 Å². The first-order valence-electron chi connectivity index (χ1n) is 6.43. The second kappa shape index (κ2) is 4.48. The first kappa shape index (κ1) is 12.4. The Balaban J connectivity index is 1.88. The average molecular weight is 270 g/mol. The Morgan fingerprint density at radius 2 is 2.28 bits per heavy atom. The van der Waals surface area contributed by atoms with Crippen LogP contribution in [0.25, 0.3) is 0 Å². The molecule has 0 spiro atoms. The van der Waals surface area contributed by atoms with Crippen LogP contribution in [0.1, 0.15) is 24.8 Å². The maximum absolute atomic E-state index is 14.0. The minimum Gasteiger partial charge on any atom is -0.374 e. The van der Waals surface area contributed by atoms with E-state index >= 15 is 0 Å². The van der Waals surface area contributed by atoms with Crippen LogP contribution >= 0.6 is 11.6 Å². The average Bonchev–Trinajstić information content (AvgIpc) is 2.96. The Morgan fingerprint density at radius 3 is 2.89 bits per heavy atom. The van der Waals surface area contributed by atoms with Gasteiger partial charge in [0.25, 0.3) is 0 Å². The van der Waals surface area contributed by atoms with E-state index in [0.717, 1.165) is 19.3 Å². The molecule has 2 aliphatic rings. The molecule has 2 fully saturated rings. The second-order valence-electron chi connectivity index (χ2n) is 5.48. The Hall–Kier alpha value is -0.640. The minimum absolute atomic E-state index is 0.103.